The summed E-state index contributed by atoms with van der Waals surface area (Å²) in [7, 11) is 0. The molecule has 3 amide bonds. The number of carbonyl (C=O) groups is 4. The number of ether oxygens (including phenoxy) is 2. The third-order valence-electron chi connectivity index (χ3n) is 6.38. The quantitative estimate of drug-likeness (QED) is 0.474. The Labute approximate surface area is 212 Å². The van der Waals surface area contributed by atoms with Crippen molar-refractivity contribution in [1.82, 2.24) is 24.3 Å². The highest BCUT2D eigenvalue weighted by Crippen LogP contribution is 2.27. The molecule has 36 heavy (non-hydrogen) atoms. The third kappa shape index (κ3) is 6.76. The van der Waals surface area contributed by atoms with Crippen LogP contribution in [0, 0.1) is 0 Å². The number of rotatable bonds is 9. The van der Waals surface area contributed by atoms with Gasteiger partial charge in [-0.05, 0) is 47.0 Å². The third-order valence-corrected chi connectivity index (χ3v) is 6.38. The van der Waals surface area contributed by atoms with Crippen LogP contribution in [0.3, 0.4) is 0 Å². The fourth-order valence-electron chi connectivity index (χ4n) is 4.49. The van der Waals surface area contributed by atoms with Crippen molar-refractivity contribution < 1.29 is 28.7 Å². The largest absolute Gasteiger partial charge is 0.457 e. The highest BCUT2D eigenvalue weighted by Gasteiger charge is 2.37. The molecule has 0 aliphatic carbocycles. The van der Waals surface area contributed by atoms with E-state index >= 15 is 0 Å². The smallest absolute Gasteiger partial charge is 0.410 e. The van der Waals surface area contributed by atoms with Gasteiger partial charge in [-0.25, -0.2) is 19.1 Å². The van der Waals surface area contributed by atoms with Crippen molar-refractivity contribution in [2.24, 2.45) is 0 Å². The van der Waals surface area contributed by atoms with Gasteiger partial charge in [0, 0.05) is 38.6 Å². The maximum Gasteiger partial charge on any atom is 0.410 e. The van der Waals surface area contributed by atoms with Crippen molar-refractivity contribution >= 4 is 24.0 Å². The van der Waals surface area contributed by atoms with Crippen LogP contribution in [0.1, 0.15) is 78.2 Å². The van der Waals surface area contributed by atoms with E-state index in [0.717, 1.165) is 12.1 Å². The van der Waals surface area contributed by atoms with Gasteiger partial charge in [0.05, 0.1) is 24.9 Å². The molecule has 1 saturated heterocycles. The molecule has 1 aromatic rings. The predicted molar refractivity (Wildman–Crippen MR) is 131 cm³/mol. The molecule has 0 radical (unpaired) electrons. The maximum absolute atomic E-state index is 13.2. The second kappa shape index (κ2) is 11.7. The second-order valence-corrected chi connectivity index (χ2v) is 10.2. The van der Waals surface area contributed by atoms with Gasteiger partial charge in [0.25, 0.3) is 0 Å². The van der Waals surface area contributed by atoms with Crippen molar-refractivity contribution in [3.05, 3.63) is 17.7 Å². The summed E-state index contributed by atoms with van der Waals surface area (Å²) in [5, 5.41) is 0. The Morgan fingerprint density at radius 2 is 1.83 bits per heavy atom. The molecular formula is C25H39N5O6. The minimum atomic E-state index is -0.545. The molecule has 0 atom stereocenters. The van der Waals surface area contributed by atoms with Crippen LogP contribution in [-0.4, -0.2) is 86.1 Å². The molecule has 0 N–H and O–H groups in total. The number of fused-ring (bicyclic) bond motifs is 1. The fraction of sp³-hybridized carbons (Fsp3) is 0.720. The van der Waals surface area contributed by atoms with E-state index in [-0.39, 0.29) is 37.1 Å². The number of piperidine rings is 1. The van der Waals surface area contributed by atoms with Gasteiger partial charge in [-0.15, -0.1) is 0 Å². The molecule has 0 saturated carbocycles. The summed E-state index contributed by atoms with van der Waals surface area (Å²) in [5.41, 5.74) is 0.208. The molecule has 11 heteroatoms. The van der Waals surface area contributed by atoms with Gasteiger partial charge in [-0.2, -0.15) is 0 Å². The van der Waals surface area contributed by atoms with Crippen LogP contribution in [0.5, 0.6) is 0 Å². The van der Waals surface area contributed by atoms with E-state index in [2.05, 4.69) is 4.98 Å². The second-order valence-electron chi connectivity index (χ2n) is 10.2. The lowest BCUT2D eigenvalue weighted by Gasteiger charge is -2.36. The van der Waals surface area contributed by atoms with Crippen LogP contribution in [-0.2, 0) is 32.2 Å². The van der Waals surface area contributed by atoms with Gasteiger partial charge >= 0.3 is 18.1 Å². The lowest BCUT2D eigenvalue weighted by Crippen LogP contribution is -2.48. The van der Waals surface area contributed by atoms with Crippen LogP contribution >= 0.6 is 0 Å². The normalized spacial score (nSPS) is 16.2. The highest BCUT2D eigenvalue weighted by molar-refractivity contribution is 5.81. The number of imidazole rings is 1. The molecule has 0 aromatic carbocycles. The van der Waals surface area contributed by atoms with Crippen molar-refractivity contribution in [1.29, 1.82) is 0 Å². The number of amides is 3. The predicted octanol–water partition coefficient (Wildman–Crippen LogP) is 3.15. The van der Waals surface area contributed by atoms with Crippen molar-refractivity contribution in [3.8, 4) is 0 Å². The summed E-state index contributed by atoms with van der Waals surface area (Å²) < 4.78 is 12.3. The number of nitrogens with zero attached hydrogens (tertiary/aromatic N) is 5. The number of hydrogen-bond acceptors (Lipinski definition) is 7. The van der Waals surface area contributed by atoms with E-state index in [9.17, 15) is 19.2 Å². The average molecular weight is 506 g/mol. The molecule has 3 heterocycles. The van der Waals surface area contributed by atoms with Crippen LogP contribution in [0.2, 0.25) is 0 Å². The average Bonchev–Trinajstić information content (AvgIpc) is 3.37. The van der Waals surface area contributed by atoms with E-state index < -0.39 is 11.6 Å². The number of aromatic nitrogens is 2. The number of likely N-dealkylation sites (tertiary alicyclic amines) is 1. The molecule has 2 aliphatic heterocycles. The lowest BCUT2D eigenvalue weighted by molar-refractivity contribution is -0.146. The molecule has 1 fully saturated rings. The maximum atomic E-state index is 13.2. The lowest BCUT2D eigenvalue weighted by atomic mass is 10.0. The Balaban J connectivity index is 1.49. The van der Waals surface area contributed by atoms with E-state index in [4.69, 9.17) is 9.47 Å². The van der Waals surface area contributed by atoms with Crippen LogP contribution in [0.25, 0.3) is 0 Å². The first-order valence-corrected chi connectivity index (χ1v) is 12.8. The molecule has 1 aromatic heterocycles. The highest BCUT2D eigenvalue weighted by atomic mass is 16.6. The Hall–Kier alpha value is -3.11. The summed E-state index contributed by atoms with van der Waals surface area (Å²) in [6.07, 6.45) is 3.95. The Morgan fingerprint density at radius 3 is 2.44 bits per heavy atom. The Morgan fingerprint density at radius 1 is 1.14 bits per heavy atom. The van der Waals surface area contributed by atoms with Crippen LogP contribution in [0.4, 0.5) is 9.59 Å². The summed E-state index contributed by atoms with van der Waals surface area (Å²) in [6, 6.07) is -0.182. The van der Waals surface area contributed by atoms with Crippen molar-refractivity contribution in [2.45, 2.75) is 91.5 Å². The van der Waals surface area contributed by atoms with Gasteiger partial charge in [0.1, 0.15) is 12.2 Å². The minimum Gasteiger partial charge on any atom is -0.457 e. The molecule has 11 nitrogen and oxygen atoms in total. The van der Waals surface area contributed by atoms with Gasteiger partial charge in [-0.1, -0.05) is 6.92 Å². The van der Waals surface area contributed by atoms with Gasteiger partial charge in [0.15, 0.2) is 5.82 Å². The Kier molecular flexibility index (Phi) is 8.97. The topological polar surface area (TPSA) is 114 Å². The summed E-state index contributed by atoms with van der Waals surface area (Å²) in [5.74, 6) is -0.0279. The SMILES string of the molecule is CCCC(=O)N(CC)CCC(=O)OCc1ncc2n1C(=O)N(C1CCN(C(=O)OC(C)(C)C)CC1)C2. The van der Waals surface area contributed by atoms with E-state index in [1.54, 1.807) is 20.9 Å². The zero-order chi connectivity index (χ0) is 26.5. The number of hydrogen-bond donors (Lipinski definition) is 0. The molecule has 0 unspecified atom stereocenters. The number of esters is 1. The van der Waals surface area contributed by atoms with Gasteiger partial charge < -0.3 is 24.2 Å². The monoisotopic (exact) mass is 505 g/mol. The first-order valence-electron chi connectivity index (χ1n) is 12.8. The van der Waals surface area contributed by atoms with Crippen LogP contribution < -0.4 is 0 Å². The summed E-state index contributed by atoms with van der Waals surface area (Å²) in [6.45, 7) is 11.6. The molecule has 200 valence electrons. The molecule has 0 spiro atoms. The first-order chi connectivity index (χ1) is 17.0. The fourth-order valence-corrected chi connectivity index (χ4v) is 4.49. The zero-order valence-corrected chi connectivity index (χ0v) is 22.1. The van der Waals surface area contributed by atoms with Crippen molar-refractivity contribution in [3.63, 3.8) is 0 Å². The molecule has 3 rings (SSSR count). The van der Waals surface area contributed by atoms with Crippen LogP contribution in [0.15, 0.2) is 6.20 Å². The minimum absolute atomic E-state index is 0.00664. The zero-order valence-electron chi connectivity index (χ0n) is 22.1. The summed E-state index contributed by atoms with van der Waals surface area (Å²) >= 11 is 0. The van der Waals surface area contributed by atoms with Crippen molar-refractivity contribution in [2.75, 3.05) is 26.2 Å². The Bertz CT molecular complexity index is 961. The molecule has 0 bridgehead atoms. The van der Waals surface area contributed by atoms with E-state index in [0.29, 0.717) is 57.8 Å². The molecular weight excluding hydrogens is 466 g/mol. The van der Waals surface area contributed by atoms with E-state index in [1.807, 2.05) is 34.6 Å². The number of carbonyl (C=O) groups excluding carboxylic acids is 4. The standard InChI is InChI=1S/C25H39N5O6/c1-6-8-21(31)27(7-2)14-11-22(32)35-17-20-26-15-19-16-29(23(33)30(19)20)18-9-12-28(13-10-18)24(34)36-25(3,4)5/h15,18H,6-14,16-17H2,1-5H3. The molecule has 2 aliphatic rings. The van der Waals surface area contributed by atoms with Gasteiger partial charge in [0.2, 0.25) is 5.91 Å². The summed E-state index contributed by atoms with van der Waals surface area (Å²) in [4.78, 5) is 59.2. The van der Waals surface area contributed by atoms with Gasteiger partial charge in [-0.3, -0.25) is 9.59 Å². The first kappa shape index (κ1) is 27.5. The van der Waals surface area contributed by atoms with E-state index in [1.165, 1.54) is 4.57 Å².